The summed E-state index contributed by atoms with van der Waals surface area (Å²) >= 11 is 0. The molecule has 3 unspecified atom stereocenters. The van der Waals surface area contributed by atoms with Crippen molar-refractivity contribution in [2.45, 2.75) is 62.2 Å². The van der Waals surface area contributed by atoms with E-state index in [1.807, 2.05) is 0 Å². The largest absolute Gasteiger partial charge is 0.481 e. The number of phosphoric ester groups is 2. The summed E-state index contributed by atoms with van der Waals surface area (Å²) in [6, 6.07) is 0. The van der Waals surface area contributed by atoms with Crippen molar-refractivity contribution in [3.05, 3.63) is 12.7 Å². The number of anilines is 1. The van der Waals surface area contributed by atoms with Crippen LogP contribution in [0.5, 0.6) is 0 Å². The van der Waals surface area contributed by atoms with Crippen LogP contribution in [0.3, 0.4) is 0 Å². The van der Waals surface area contributed by atoms with Crippen LogP contribution in [0.2, 0.25) is 0 Å². The summed E-state index contributed by atoms with van der Waals surface area (Å²) in [4.78, 5) is 31.6. The minimum Gasteiger partial charge on any atom is -0.394 e. The fourth-order valence-corrected chi connectivity index (χ4v) is 5.99. The van der Waals surface area contributed by atoms with Gasteiger partial charge in [0.05, 0.1) is 32.3 Å². The third-order valence-electron chi connectivity index (χ3n) is 5.95. The molecule has 0 amide bonds. The summed E-state index contributed by atoms with van der Waals surface area (Å²) in [5.74, 6) is 0.0558. The predicted octanol–water partition coefficient (Wildman–Crippen LogP) is -2.88. The van der Waals surface area contributed by atoms with Crippen molar-refractivity contribution in [3.8, 4) is 0 Å². The fourth-order valence-electron chi connectivity index (χ4n) is 3.90. The molecule has 0 aliphatic carbocycles. The molecule has 2 fully saturated rings. The molecule has 22 heteroatoms. The van der Waals surface area contributed by atoms with Crippen LogP contribution in [-0.4, -0.2) is 124 Å². The van der Waals surface area contributed by atoms with Gasteiger partial charge in [0.15, 0.2) is 24.0 Å². The van der Waals surface area contributed by atoms with Gasteiger partial charge in [-0.25, -0.2) is 24.1 Å². The number of aromatic nitrogens is 4. The van der Waals surface area contributed by atoms with Crippen LogP contribution in [0.25, 0.3) is 11.2 Å². The molecular weight excluding hydrogens is 588 g/mol. The average molecular weight is 617 g/mol. The first-order valence-electron chi connectivity index (χ1n) is 11.6. The van der Waals surface area contributed by atoms with Crippen molar-refractivity contribution in [1.82, 2.24) is 19.5 Å². The van der Waals surface area contributed by atoms with Gasteiger partial charge in [-0.15, -0.1) is 0 Å². The van der Waals surface area contributed by atoms with Gasteiger partial charge in [0.25, 0.3) is 0 Å². The van der Waals surface area contributed by atoms with Crippen LogP contribution < -0.4 is 5.73 Å². The number of ether oxygens (including phenoxy) is 3. The monoisotopic (exact) mass is 617 g/mol. The van der Waals surface area contributed by atoms with Crippen LogP contribution in [0.4, 0.5) is 5.82 Å². The van der Waals surface area contributed by atoms with E-state index in [1.165, 1.54) is 17.8 Å². The second-order valence-electron chi connectivity index (χ2n) is 8.89. The third-order valence-corrected chi connectivity index (χ3v) is 8.55. The first-order valence-corrected chi connectivity index (χ1v) is 14.6. The molecular formula is C18H29N5O15P2. The van der Waals surface area contributed by atoms with Crippen LogP contribution in [-0.2, 0) is 36.7 Å². The summed E-state index contributed by atoms with van der Waals surface area (Å²) in [7, 11) is -10.7. The Morgan fingerprint density at radius 2 is 1.57 bits per heavy atom. The predicted molar refractivity (Wildman–Crippen MR) is 127 cm³/mol. The number of imidazole rings is 1. The maximum absolute atomic E-state index is 12.3. The zero-order valence-corrected chi connectivity index (χ0v) is 22.4. The van der Waals surface area contributed by atoms with Gasteiger partial charge in [-0.2, -0.15) is 4.31 Å². The van der Waals surface area contributed by atoms with E-state index in [-0.39, 0.29) is 17.0 Å². The molecule has 4 heterocycles. The Hall–Kier alpha value is -1.71. The number of nitrogen functional groups attached to an aromatic ring is 1. The smallest absolute Gasteiger partial charge is 0.394 e. The van der Waals surface area contributed by atoms with E-state index in [2.05, 4.69) is 28.3 Å². The minimum absolute atomic E-state index is 0.0558. The Bertz CT molecular complexity index is 1270. The van der Waals surface area contributed by atoms with Gasteiger partial charge in [-0.1, -0.05) is 0 Å². The number of nitrogens with zero attached hydrogens (tertiary/aromatic N) is 4. The Balaban J connectivity index is 1.31. The highest BCUT2D eigenvalue weighted by molar-refractivity contribution is 7.61. The van der Waals surface area contributed by atoms with Crippen molar-refractivity contribution in [2.75, 3.05) is 25.6 Å². The molecule has 4 rings (SSSR count). The summed E-state index contributed by atoms with van der Waals surface area (Å²) in [5, 5.41) is 49.8. The maximum Gasteiger partial charge on any atom is 0.481 e. The van der Waals surface area contributed by atoms with Gasteiger partial charge < -0.3 is 55.3 Å². The molecule has 0 bridgehead atoms. The topological polar surface area (TPSA) is 301 Å². The van der Waals surface area contributed by atoms with Crippen molar-refractivity contribution >= 4 is 32.6 Å². The van der Waals surface area contributed by atoms with E-state index in [4.69, 9.17) is 25.1 Å². The van der Waals surface area contributed by atoms with Crippen LogP contribution in [0, 0.1) is 0 Å². The Kier molecular flexibility index (Phi) is 9.57. The number of phosphoric acid groups is 2. The van der Waals surface area contributed by atoms with Gasteiger partial charge in [0.1, 0.15) is 48.5 Å². The van der Waals surface area contributed by atoms with E-state index in [0.29, 0.717) is 0 Å². The van der Waals surface area contributed by atoms with Gasteiger partial charge in [-0.05, 0) is 6.92 Å². The lowest BCUT2D eigenvalue weighted by Gasteiger charge is -2.21. The number of aliphatic hydroxyl groups is 5. The summed E-state index contributed by atoms with van der Waals surface area (Å²) < 4.78 is 55.2. The number of rotatable bonds is 12. The molecule has 0 saturated carbocycles. The number of aliphatic hydroxyl groups excluding tert-OH is 5. The molecule has 20 nitrogen and oxygen atoms in total. The Morgan fingerprint density at radius 1 is 0.975 bits per heavy atom. The minimum atomic E-state index is -5.33. The summed E-state index contributed by atoms with van der Waals surface area (Å²) in [6.07, 6.45) is -10.3. The van der Waals surface area contributed by atoms with Gasteiger partial charge in [0, 0.05) is 0 Å². The second kappa shape index (κ2) is 12.3. The lowest BCUT2D eigenvalue weighted by Crippen LogP contribution is -2.36. The molecule has 40 heavy (non-hydrogen) atoms. The van der Waals surface area contributed by atoms with Crippen molar-refractivity contribution < 1.29 is 72.0 Å². The number of nitrogens with two attached hydrogens (primary N) is 1. The molecule has 2 aliphatic heterocycles. The first kappa shape index (κ1) is 31.2. The molecule has 2 aliphatic rings. The van der Waals surface area contributed by atoms with Crippen molar-refractivity contribution in [3.63, 3.8) is 0 Å². The zero-order valence-electron chi connectivity index (χ0n) is 20.6. The third kappa shape index (κ3) is 6.84. The SMILES string of the molecule is CC(CO)O[C@@H]1O[C@H](COP(=O)(O)OP(=O)(O)OC[C@H]2O[C@@H](n3cnc4c(N)ncnc43)[C@H](O)[C@@H]2O)[C@@H](O)[C@H]1O. The van der Waals surface area contributed by atoms with Crippen molar-refractivity contribution in [1.29, 1.82) is 0 Å². The molecule has 0 radical (unpaired) electrons. The highest BCUT2D eigenvalue weighted by Gasteiger charge is 2.48. The molecule has 11 atom stereocenters. The lowest BCUT2D eigenvalue weighted by molar-refractivity contribution is -0.195. The summed E-state index contributed by atoms with van der Waals surface area (Å²) in [5.41, 5.74) is 6.10. The number of hydrogen-bond donors (Lipinski definition) is 8. The van der Waals surface area contributed by atoms with Crippen LogP contribution in [0.1, 0.15) is 13.2 Å². The zero-order chi connectivity index (χ0) is 29.4. The second-order valence-corrected chi connectivity index (χ2v) is 11.9. The molecule has 2 aromatic heterocycles. The van der Waals surface area contributed by atoms with Gasteiger partial charge >= 0.3 is 15.6 Å². The van der Waals surface area contributed by atoms with E-state index in [0.717, 1.165) is 6.33 Å². The molecule has 0 aromatic carbocycles. The fraction of sp³-hybridized carbons (Fsp3) is 0.722. The quantitative estimate of drug-likeness (QED) is 0.111. The first-order chi connectivity index (χ1) is 18.7. The molecule has 0 spiro atoms. The van der Waals surface area contributed by atoms with Crippen LogP contribution in [0.15, 0.2) is 12.7 Å². The molecule has 2 saturated heterocycles. The van der Waals surface area contributed by atoms with Crippen LogP contribution >= 0.6 is 15.6 Å². The number of fused-ring (bicyclic) bond motifs is 1. The standard InChI is InChI=1S/C18H29N5O15P2/c1-7(2-24)35-18-14(28)12(26)9(37-18)4-34-40(31,32)38-39(29,30)33-3-8-11(25)13(27)17(36-8)23-6-22-10-15(19)20-5-21-16(10)23/h5-9,11-14,17-18,24-28H,2-4H2,1H3,(H,29,30)(H,31,32)(H2,19,20,21)/t7?,8-,9-,11-,12-,13-,14-,17-,18-/m1/s1. The highest BCUT2D eigenvalue weighted by Crippen LogP contribution is 2.60. The average Bonchev–Trinajstić information content (AvgIpc) is 3.52. The normalized spacial score (nSPS) is 34.6. The molecule has 2 aromatic rings. The maximum atomic E-state index is 12.3. The van der Waals surface area contributed by atoms with E-state index < -0.39 is 90.7 Å². The molecule has 226 valence electrons. The van der Waals surface area contributed by atoms with E-state index in [9.17, 15) is 39.3 Å². The lowest BCUT2D eigenvalue weighted by atomic mass is 10.1. The van der Waals surface area contributed by atoms with E-state index in [1.54, 1.807) is 0 Å². The Labute approximate surface area is 225 Å². The summed E-state index contributed by atoms with van der Waals surface area (Å²) in [6.45, 7) is -0.722. The highest BCUT2D eigenvalue weighted by atomic mass is 31.3. The van der Waals surface area contributed by atoms with Crippen molar-refractivity contribution in [2.24, 2.45) is 0 Å². The Morgan fingerprint density at radius 3 is 2.20 bits per heavy atom. The number of hydrogen-bond acceptors (Lipinski definition) is 17. The van der Waals surface area contributed by atoms with Gasteiger partial charge in [0.2, 0.25) is 0 Å². The van der Waals surface area contributed by atoms with Gasteiger partial charge in [-0.3, -0.25) is 13.6 Å². The van der Waals surface area contributed by atoms with E-state index >= 15 is 0 Å². The molecule has 9 N–H and O–H groups in total.